The van der Waals surface area contributed by atoms with Gasteiger partial charge in [0.05, 0.1) is 38.1 Å². The Kier molecular flexibility index (Phi) is 22.1. The summed E-state index contributed by atoms with van der Waals surface area (Å²) in [6.45, 7) is 13.8. The molecular formula is C48H76N2O9. The smallest absolute Gasteiger partial charge is 0.239 e. The standard InChI is InChI=1S/C48H76N2O9/c1-5-9-10-11-12-13-14-15-16-23-45(54)50(26-32-55-33-29-53)44-36-42(49-58-8-4)40-34-37(21-17-19-27-51)39(22-18-20-28-52)46-41-35-38(56-30-6-2)24-25-43(41)59-48(44,47(40)46)57-31-7-3/h6-7,24-25,34-35,37,39,44,46-47,51-53H,2-3,5,8-23,26-33,36H2,1,4H3. The van der Waals surface area contributed by atoms with Gasteiger partial charge in [-0.2, -0.15) is 0 Å². The third-order valence-electron chi connectivity index (χ3n) is 12.2. The van der Waals surface area contributed by atoms with Crippen LogP contribution in [-0.2, 0) is 19.1 Å². The molecule has 3 N–H and O–H groups in total. The molecule has 0 radical (unpaired) electrons. The van der Waals surface area contributed by atoms with Crippen LogP contribution in [0.15, 0.2) is 60.3 Å². The van der Waals surface area contributed by atoms with Crippen LogP contribution in [0.25, 0.3) is 0 Å². The topological polar surface area (TPSA) is 140 Å². The van der Waals surface area contributed by atoms with Gasteiger partial charge in [0.15, 0.2) is 0 Å². The number of aliphatic hydroxyl groups is 3. The summed E-state index contributed by atoms with van der Waals surface area (Å²) in [4.78, 5) is 22.5. The number of benzene rings is 1. The number of hydrogen-bond acceptors (Lipinski definition) is 10. The molecule has 1 aromatic rings. The van der Waals surface area contributed by atoms with Crippen molar-refractivity contribution >= 4 is 11.6 Å². The summed E-state index contributed by atoms with van der Waals surface area (Å²) in [5.41, 5.74) is 2.78. The number of fused-ring (bicyclic) bond motifs is 2. The number of amides is 1. The summed E-state index contributed by atoms with van der Waals surface area (Å²) in [6.07, 6.45) is 21.7. The Hall–Kier alpha value is -3.22. The molecule has 3 aliphatic rings. The molecule has 4 rings (SSSR count). The summed E-state index contributed by atoms with van der Waals surface area (Å²) < 4.78 is 26.3. The predicted octanol–water partition coefficient (Wildman–Crippen LogP) is 8.66. The summed E-state index contributed by atoms with van der Waals surface area (Å²) in [5, 5.41) is 34.1. The zero-order chi connectivity index (χ0) is 42.3. The molecule has 1 amide bonds. The highest BCUT2D eigenvalue weighted by molar-refractivity contribution is 6.03. The van der Waals surface area contributed by atoms with E-state index >= 15 is 0 Å². The Labute approximate surface area is 354 Å². The Morgan fingerprint density at radius 1 is 0.898 bits per heavy atom. The first-order valence-electron chi connectivity index (χ1n) is 22.9. The van der Waals surface area contributed by atoms with Gasteiger partial charge in [0.1, 0.15) is 30.8 Å². The van der Waals surface area contributed by atoms with Gasteiger partial charge in [0, 0.05) is 44.1 Å². The first kappa shape index (κ1) is 48.4. The van der Waals surface area contributed by atoms with Gasteiger partial charge in [-0.25, -0.2) is 0 Å². The lowest BCUT2D eigenvalue weighted by Gasteiger charge is -2.60. The maximum atomic E-state index is 14.7. The van der Waals surface area contributed by atoms with Crippen molar-refractivity contribution in [2.45, 2.75) is 141 Å². The van der Waals surface area contributed by atoms with E-state index < -0.39 is 17.7 Å². The maximum absolute atomic E-state index is 14.7. The second-order valence-corrected chi connectivity index (χ2v) is 16.3. The number of oxime groups is 1. The van der Waals surface area contributed by atoms with Gasteiger partial charge >= 0.3 is 0 Å². The molecule has 0 spiro atoms. The highest BCUT2D eigenvalue weighted by atomic mass is 16.7. The molecule has 2 aliphatic carbocycles. The molecule has 1 saturated carbocycles. The molecule has 59 heavy (non-hydrogen) atoms. The third-order valence-corrected chi connectivity index (χ3v) is 12.2. The minimum Gasteiger partial charge on any atom is -0.490 e. The molecule has 0 saturated heterocycles. The fourth-order valence-electron chi connectivity index (χ4n) is 9.55. The fourth-order valence-corrected chi connectivity index (χ4v) is 9.55. The van der Waals surface area contributed by atoms with E-state index in [0.717, 1.165) is 61.8 Å². The number of ether oxygens (including phenoxy) is 4. The number of carbonyl (C=O) groups excluding carboxylic acids is 1. The van der Waals surface area contributed by atoms with Crippen molar-refractivity contribution < 1.29 is 43.9 Å². The summed E-state index contributed by atoms with van der Waals surface area (Å²) in [7, 11) is 0. The van der Waals surface area contributed by atoms with Crippen molar-refractivity contribution in [1.29, 1.82) is 0 Å². The zero-order valence-electron chi connectivity index (χ0n) is 36.3. The molecule has 6 atom stereocenters. The normalized spacial score (nSPS) is 23.8. The molecule has 1 aromatic carbocycles. The molecule has 0 aromatic heterocycles. The Balaban J connectivity index is 1.86. The Bertz CT molecular complexity index is 1470. The molecule has 6 unspecified atom stereocenters. The van der Waals surface area contributed by atoms with E-state index in [0.29, 0.717) is 50.4 Å². The second-order valence-electron chi connectivity index (χ2n) is 16.3. The van der Waals surface area contributed by atoms with Crippen LogP contribution in [0.2, 0.25) is 0 Å². The second kappa shape index (κ2) is 26.9. The molecule has 1 fully saturated rings. The number of rotatable bonds is 32. The van der Waals surface area contributed by atoms with Gasteiger partial charge in [-0.05, 0) is 74.6 Å². The van der Waals surface area contributed by atoms with E-state index in [1.54, 1.807) is 12.2 Å². The number of nitrogens with zero attached hydrogens (tertiary/aromatic N) is 2. The minimum absolute atomic E-state index is 0.00613. The summed E-state index contributed by atoms with van der Waals surface area (Å²) >= 11 is 0. The fraction of sp³-hybridized carbons (Fsp3) is 0.708. The van der Waals surface area contributed by atoms with Gasteiger partial charge in [-0.1, -0.05) is 101 Å². The van der Waals surface area contributed by atoms with Crippen molar-refractivity contribution in [2.75, 3.05) is 59.4 Å². The van der Waals surface area contributed by atoms with Gasteiger partial charge in [-0.3, -0.25) is 4.79 Å². The van der Waals surface area contributed by atoms with E-state index in [4.69, 9.17) is 28.9 Å². The Morgan fingerprint density at radius 3 is 2.29 bits per heavy atom. The predicted molar refractivity (Wildman–Crippen MR) is 234 cm³/mol. The maximum Gasteiger partial charge on any atom is 0.239 e. The number of allylic oxidation sites excluding steroid dienone is 1. The van der Waals surface area contributed by atoms with Crippen LogP contribution < -0.4 is 9.47 Å². The van der Waals surface area contributed by atoms with Crippen molar-refractivity contribution in [2.24, 2.45) is 22.9 Å². The lowest BCUT2D eigenvalue weighted by atomic mass is 9.55. The average Bonchev–Trinajstić information content (AvgIpc) is 3.25. The van der Waals surface area contributed by atoms with E-state index in [2.05, 4.69) is 32.2 Å². The third kappa shape index (κ3) is 13.4. The van der Waals surface area contributed by atoms with Crippen molar-refractivity contribution in [3.05, 3.63) is 60.7 Å². The van der Waals surface area contributed by atoms with Crippen LogP contribution in [0.5, 0.6) is 11.5 Å². The zero-order valence-corrected chi connectivity index (χ0v) is 36.3. The largest absolute Gasteiger partial charge is 0.490 e. The van der Waals surface area contributed by atoms with Crippen LogP contribution in [-0.4, -0.2) is 103 Å². The lowest BCUT2D eigenvalue weighted by molar-refractivity contribution is -0.258. The number of carbonyl (C=O) groups is 1. The van der Waals surface area contributed by atoms with Crippen LogP contribution in [0.1, 0.15) is 134 Å². The highest BCUT2D eigenvalue weighted by Crippen LogP contribution is 2.62. The monoisotopic (exact) mass is 825 g/mol. The van der Waals surface area contributed by atoms with Crippen LogP contribution >= 0.6 is 0 Å². The van der Waals surface area contributed by atoms with E-state index in [9.17, 15) is 20.1 Å². The quantitative estimate of drug-likeness (QED) is 0.0370. The van der Waals surface area contributed by atoms with Crippen molar-refractivity contribution in [3.63, 3.8) is 0 Å². The van der Waals surface area contributed by atoms with E-state index in [1.165, 1.54) is 38.5 Å². The van der Waals surface area contributed by atoms with Gasteiger partial charge in [-0.15, -0.1) is 6.58 Å². The Morgan fingerprint density at radius 2 is 1.61 bits per heavy atom. The molecule has 1 heterocycles. The average molecular weight is 825 g/mol. The summed E-state index contributed by atoms with van der Waals surface area (Å²) in [5.74, 6) is -0.207. The molecule has 1 aliphatic heterocycles. The van der Waals surface area contributed by atoms with E-state index in [1.807, 2.05) is 24.0 Å². The number of unbranched alkanes of at least 4 members (excludes halogenated alkanes) is 10. The van der Waals surface area contributed by atoms with Gasteiger partial charge in [0.25, 0.3) is 0 Å². The lowest BCUT2D eigenvalue weighted by Crippen LogP contribution is -2.70. The van der Waals surface area contributed by atoms with Gasteiger partial charge < -0.3 is 44.0 Å². The van der Waals surface area contributed by atoms with Crippen LogP contribution in [0.4, 0.5) is 0 Å². The number of hydrogen-bond donors (Lipinski definition) is 3. The highest BCUT2D eigenvalue weighted by Gasteiger charge is 2.65. The molecule has 11 nitrogen and oxygen atoms in total. The van der Waals surface area contributed by atoms with E-state index in [-0.39, 0.29) is 69.8 Å². The first-order chi connectivity index (χ1) is 28.9. The molecule has 332 valence electrons. The van der Waals surface area contributed by atoms with Crippen LogP contribution in [0.3, 0.4) is 0 Å². The summed E-state index contributed by atoms with van der Waals surface area (Å²) in [6, 6.07) is 5.36. The minimum atomic E-state index is -1.33. The van der Waals surface area contributed by atoms with Crippen molar-refractivity contribution in [1.82, 2.24) is 4.90 Å². The van der Waals surface area contributed by atoms with Gasteiger partial charge in [0.2, 0.25) is 11.7 Å². The number of aliphatic hydroxyl groups excluding tert-OH is 3. The first-order valence-corrected chi connectivity index (χ1v) is 22.9. The molecule has 0 bridgehead atoms. The van der Waals surface area contributed by atoms with Crippen LogP contribution in [0, 0.1) is 17.8 Å². The molecular weight excluding hydrogens is 749 g/mol. The SMILES string of the molecule is C=CCOc1ccc2c(c1)C1C(CCCCO)C(CCCCO)C=C3C(=NOCC)CC(N(CCOCCO)C(=O)CCCCCCCCCCC)C(OCC=C)(O2)C31. The molecule has 11 heteroatoms. The van der Waals surface area contributed by atoms with Crippen molar-refractivity contribution in [3.8, 4) is 11.5 Å².